The number of hydrogen-bond acceptors (Lipinski definition) is 3. The Hall–Kier alpha value is -1.39. The van der Waals surface area contributed by atoms with Crippen molar-refractivity contribution >= 4 is 11.6 Å². The Morgan fingerprint density at radius 1 is 1.17 bits per heavy atom. The minimum Gasteiger partial charge on any atom is -0.325 e. The summed E-state index contributed by atoms with van der Waals surface area (Å²) in [5.74, 6) is 0.119. The molecule has 1 unspecified atom stereocenters. The van der Waals surface area contributed by atoms with Crippen LogP contribution in [0.3, 0.4) is 0 Å². The average Bonchev–Trinajstić information content (AvgIpc) is 3.08. The molecule has 2 heterocycles. The summed E-state index contributed by atoms with van der Waals surface area (Å²) >= 11 is 0. The number of piperidine rings is 1. The van der Waals surface area contributed by atoms with Crippen LogP contribution in [0, 0.1) is 0 Å². The summed E-state index contributed by atoms with van der Waals surface area (Å²) in [5, 5.41) is 3.10. The standard InChI is InChI=1S/C20H31N3O/c1-2-19-10-3-4-13-23(19)16-20(24)21-18-9-7-8-17(14-18)15-22-11-5-6-12-22/h7-9,14,19H,2-6,10-13,15-16H2,1H3,(H,21,24). The minimum atomic E-state index is 0.119. The van der Waals surface area contributed by atoms with E-state index in [0.717, 1.165) is 25.2 Å². The van der Waals surface area contributed by atoms with E-state index in [0.29, 0.717) is 12.6 Å². The maximum Gasteiger partial charge on any atom is 0.238 e. The molecule has 1 aromatic carbocycles. The van der Waals surface area contributed by atoms with Crippen LogP contribution in [0.15, 0.2) is 24.3 Å². The normalized spacial score (nSPS) is 22.6. The van der Waals surface area contributed by atoms with Crippen LogP contribution in [0.2, 0.25) is 0 Å². The van der Waals surface area contributed by atoms with E-state index in [1.165, 1.54) is 50.8 Å². The Kier molecular flexibility index (Phi) is 6.27. The quantitative estimate of drug-likeness (QED) is 0.868. The number of benzene rings is 1. The van der Waals surface area contributed by atoms with E-state index in [9.17, 15) is 4.79 Å². The summed E-state index contributed by atoms with van der Waals surface area (Å²) in [4.78, 5) is 17.3. The first-order valence-corrected chi connectivity index (χ1v) is 9.60. The second kappa shape index (κ2) is 8.63. The van der Waals surface area contributed by atoms with Crippen molar-refractivity contribution < 1.29 is 4.79 Å². The first-order valence-electron chi connectivity index (χ1n) is 9.60. The number of nitrogens with one attached hydrogen (secondary N) is 1. The second-order valence-corrected chi connectivity index (χ2v) is 7.26. The lowest BCUT2D eigenvalue weighted by Crippen LogP contribution is -2.43. The van der Waals surface area contributed by atoms with Crippen LogP contribution in [0.1, 0.15) is 51.0 Å². The van der Waals surface area contributed by atoms with Crippen molar-refractivity contribution in [3.8, 4) is 0 Å². The molecular weight excluding hydrogens is 298 g/mol. The largest absolute Gasteiger partial charge is 0.325 e. The van der Waals surface area contributed by atoms with Gasteiger partial charge in [0.1, 0.15) is 0 Å². The fourth-order valence-electron chi connectivity index (χ4n) is 4.06. The molecule has 0 saturated carbocycles. The number of rotatable bonds is 6. The van der Waals surface area contributed by atoms with Gasteiger partial charge in [-0.2, -0.15) is 0 Å². The van der Waals surface area contributed by atoms with Crippen molar-refractivity contribution in [1.29, 1.82) is 0 Å². The number of carbonyl (C=O) groups is 1. The molecule has 0 aromatic heterocycles. The van der Waals surface area contributed by atoms with Crippen molar-refractivity contribution in [2.75, 3.05) is 31.5 Å². The van der Waals surface area contributed by atoms with Gasteiger partial charge in [-0.3, -0.25) is 14.6 Å². The highest BCUT2D eigenvalue weighted by Gasteiger charge is 2.22. The lowest BCUT2D eigenvalue weighted by molar-refractivity contribution is -0.118. The highest BCUT2D eigenvalue weighted by molar-refractivity contribution is 5.92. The van der Waals surface area contributed by atoms with Crippen LogP contribution in [0.5, 0.6) is 0 Å². The first-order chi connectivity index (χ1) is 11.7. The number of carbonyl (C=O) groups excluding carboxylic acids is 1. The molecule has 4 heteroatoms. The van der Waals surface area contributed by atoms with Gasteiger partial charge in [-0.15, -0.1) is 0 Å². The van der Waals surface area contributed by atoms with Gasteiger partial charge in [0.2, 0.25) is 5.91 Å². The van der Waals surface area contributed by atoms with E-state index in [1.807, 2.05) is 6.07 Å². The van der Waals surface area contributed by atoms with Gasteiger partial charge in [0.15, 0.2) is 0 Å². The molecule has 3 rings (SSSR count). The maximum atomic E-state index is 12.4. The Labute approximate surface area is 146 Å². The van der Waals surface area contributed by atoms with E-state index in [2.05, 4.69) is 40.2 Å². The zero-order chi connectivity index (χ0) is 16.8. The predicted octanol–water partition coefficient (Wildman–Crippen LogP) is 3.49. The third kappa shape index (κ3) is 4.81. The molecule has 1 N–H and O–H groups in total. The van der Waals surface area contributed by atoms with E-state index in [1.54, 1.807) is 0 Å². The van der Waals surface area contributed by atoms with Crippen LogP contribution in [-0.4, -0.2) is 47.9 Å². The van der Waals surface area contributed by atoms with Crippen molar-refractivity contribution in [3.05, 3.63) is 29.8 Å². The maximum absolute atomic E-state index is 12.4. The van der Waals surface area contributed by atoms with Gasteiger partial charge in [-0.25, -0.2) is 0 Å². The molecule has 1 aromatic rings. The topological polar surface area (TPSA) is 35.6 Å². The third-order valence-electron chi connectivity index (χ3n) is 5.38. The minimum absolute atomic E-state index is 0.119. The monoisotopic (exact) mass is 329 g/mol. The van der Waals surface area contributed by atoms with E-state index in [4.69, 9.17) is 0 Å². The van der Waals surface area contributed by atoms with E-state index < -0.39 is 0 Å². The molecule has 2 aliphatic rings. The van der Waals surface area contributed by atoms with Crippen LogP contribution in [0.4, 0.5) is 5.69 Å². The lowest BCUT2D eigenvalue weighted by Gasteiger charge is -2.34. The summed E-state index contributed by atoms with van der Waals surface area (Å²) in [6.07, 6.45) is 7.51. The lowest BCUT2D eigenvalue weighted by atomic mass is 10.00. The third-order valence-corrected chi connectivity index (χ3v) is 5.38. The van der Waals surface area contributed by atoms with Crippen molar-refractivity contribution in [2.24, 2.45) is 0 Å². The molecule has 0 radical (unpaired) electrons. The van der Waals surface area contributed by atoms with E-state index >= 15 is 0 Å². The highest BCUT2D eigenvalue weighted by atomic mass is 16.2. The predicted molar refractivity (Wildman–Crippen MR) is 99.1 cm³/mol. The van der Waals surface area contributed by atoms with Crippen molar-refractivity contribution in [2.45, 2.75) is 58.0 Å². The van der Waals surface area contributed by atoms with Gasteiger partial charge < -0.3 is 5.32 Å². The van der Waals surface area contributed by atoms with Crippen LogP contribution < -0.4 is 5.32 Å². The molecule has 2 aliphatic heterocycles. The van der Waals surface area contributed by atoms with Crippen molar-refractivity contribution in [3.63, 3.8) is 0 Å². The van der Waals surface area contributed by atoms with Crippen molar-refractivity contribution in [1.82, 2.24) is 9.80 Å². The van der Waals surface area contributed by atoms with E-state index in [-0.39, 0.29) is 5.91 Å². The summed E-state index contributed by atoms with van der Waals surface area (Å²) in [5.41, 5.74) is 2.22. The molecular formula is C20H31N3O. The number of anilines is 1. The van der Waals surface area contributed by atoms with Gasteiger partial charge in [0.25, 0.3) is 0 Å². The Morgan fingerprint density at radius 3 is 2.75 bits per heavy atom. The Balaban J connectivity index is 1.53. The van der Waals surface area contributed by atoms with Crippen LogP contribution in [-0.2, 0) is 11.3 Å². The fraction of sp³-hybridized carbons (Fsp3) is 0.650. The SMILES string of the molecule is CCC1CCCCN1CC(=O)Nc1cccc(CN2CCCC2)c1. The molecule has 4 nitrogen and oxygen atoms in total. The summed E-state index contributed by atoms with van der Waals surface area (Å²) in [6, 6.07) is 8.91. The molecule has 0 aliphatic carbocycles. The summed E-state index contributed by atoms with van der Waals surface area (Å²) < 4.78 is 0. The molecule has 2 saturated heterocycles. The highest BCUT2D eigenvalue weighted by Crippen LogP contribution is 2.20. The van der Waals surface area contributed by atoms with Gasteiger partial charge in [-0.05, 0) is 69.4 Å². The van der Waals surface area contributed by atoms with Crippen LogP contribution >= 0.6 is 0 Å². The molecule has 0 bridgehead atoms. The molecule has 0 spiro atoms. The zero-order valence-corrected chi connectivity index (χ0v) is 15.0. The fourth-order valence-corrected chi connectivity index (χ4v) is 4.06. The van der Waals surface area contributed by atoms with Gasteiger partial charge in [0.05, 0.1) is 6.54 Å². The molecule has 24 heavy (non-hydrogen) atoms. The number of nitrogens with zero attached hydrogens (tertiary/aromatic N) is 2. The van der Waals surface area contributed by atoms with Gasteiger partial charge in [-0.1, -0.05) is 25.5 Å². The smallest absolute Gasteiger partial charge is 0.238 e. The first kappa shape index (κ1) is 17.4. The number of likely N-dealkylation sites (tertiary alicyclic amines) is 2. The Bertz CT molecular complexity index is 539. The van der Waals surface area contributed by atoms with Gasteiger partial charge in [0, 0.05) is 18.3 Å². The molecule has 1 atom stereocenters. The number of amides is 1. The Morgan fingerprint density at radius 2 is 1.96 bits per heavy atom. The molecule has 132 valence electrons. The average molecular weight is 329 g/mol. The molecule has 2 fully saturated rings. The second-order valence-electron chi connectivity index (χ2n) is 7.26. The molecule has 1 amide bonds. The number of hydrogen-bond donors (Lipinski definition) is 1. The van der Waals surface area contributed by atoms with Crippen LogP contribution in [0.25, 0.3) is 0 Å². The summed E-state index contributed by atoms with van der Waals surface area (Å²) in [7, 11) is 0. The zero-order valence-electron chi connectivity index (χ0n) is 15.0. The summed E-state index contributed by atoms with van der Waals surface area (Å²) in [6.45, 7) is 7.19. The van der Waals surface area contributed by atoms with Gasteiger partial charge >= 0.3 is 0 Å².